The van der Waals surface area contributed by atoms with Gasteiger partial charge in [-0.1, -0.05) is 23.7 Å². The van der Waals surface area contributed by atoms with Gasteiger partial charge < -0.3 is 19.9 Å². The van der Waals surface area contributed by atoms with Gasteiger partial charge >= 0.3 is 6.09 Å². The number of rotatable bonds is 5. The molecule has 1 aliphatic rings. The second kappa shape index (κ2) is 10.1. The van der Waals surface area contributed by atoms with Crippen LogP contribution in [0.4, 0.5) is 4.79 Å². The normalized spacial score (nSPS) is 14.6. The van der Waals surface area contributed by atoms with Crippen molar-refractivity contribution in [3.63, 3.8) is 0 Å². The van der Waals surface area contributed by atoms with E-state index < -0.39 is 11.5 Å². The number of aromatic amines is 1. The maximum Gasteiger partial charge on any atom is 0.410 e. The number of halogens is 1. The van der Waals surface area contributed by atoms with Crippen LogP contribution in [0.15, 0.2) is 41.3 Å². The number of hydrogen-bond donors (Lipinski definition) is 2. The highest BCUT2D eigenvalue weighted by molar-refractivity contribution is 6.31. The van der Waals surface area contributed by atoms with Gasteiger partial charge in [0.05, 0.1) is 18.4 Å². The fraction of sp³-hybridized carbons (Fsp3) is 0.400. The summed E-state index contributed by atoms with van der Waals surface area (Å²) in [7, 11) is 0. The van der Waals surface area contributed by atoms with Gasteiger partial charge in [0.1, 0.15) is 16.8 Å². The molecule has 3 aromatic rings. The van der Waals surface area contributed by atoms with Crippen LogP contribution in [-0.2, 0) is 4.74 Å². The van der Waals surface area contributed by atoms with Gasteiger partial charge in [-0.2, -0.15) is 5.10 Å². The summed E-state index contributed by atoms with van der Waals surface area (Å²) in [6, 6.07) is 7.94. The lowest BCUT2D eigenvalue weighted by Crippen LogP contribution is -2.41. The molecule has 4 rings (SSSR count). The number of amides is 2. The van der Waals surface area contributed by atoms with Crippen LogP contribution >= 0.6 is 11.6 Å². The molecule has 0 spiro atoms. The molecule has 3 heterocycles. The second-order valence-electron chi connectivity index (χ2n) is 9.73. The van der Waals surface area contributed by atoms with Gasteiger partial charge in [-0.3, -0.25) is 14.4 Å². The summed E-state index contributed by atoms with van der Waals surface area (Å²) in [4.78, 5) is 54.4. The Morgan fingerprint density at radius 1 is 1.19 bits per heavy atom. The highest BCUT2D eigenvalue weighted by atomic mass is 35.5. The van der Waals surface area contributed by atoms with Gasteiger partial charge in [0.25, 0.3) is 11.5 Å². The van der Waals surface area contributed by atoms with Crippen molar-refractivity contribution < 1.29 is 19.1 Å². The van der Waals surface area contributed by atoms with Gasteiger partial charge in [-0.25, -0.2) is 9.31 Å². The van der Waals surface area contributed by atoms with Gasteiger partial charge in [0.2, 0.25) is 0 Å². The standard InChI is InChI=1S/C25H28ClN5O5/c1-25(2,3)36-24(35)30-9-7-15(8-10-30)19-12-21(33)29-22-18(13-28-31(19)22)23(34)27-14-20(32)16-5-4-6-17(26)11-16/h4-6,11-13,15H,7-10,14H2,1-3H3,(H,27,34)(H,29,33). The van der Waals surface area contributed by atoms with Crippen LogP contribution in [0.5, 0.6) is 0 Å². The maximum absolute atomic E-state index is 12.8. The maximum atomic E-state index is 12.8. The lowest BCUT2D eigenvalue weighted by atomic mass is 9.93. The van der Waals surface area contributed by atoms with E-state index in [0.29, 0.717) is 42.2 Å². The Labute approximate surface area is 212 Å². The van der Waals surface area contributed by atoms with E-state index >= 15 is 0 Å². The zero-order chi connectivity index (χ0) is 26.0. The van der Waals surface area contributed by atoms with Crippen LogP contribution in [-0.4, -0.2) is 62.5 Å². The van der Waals surface area contributed by atoms with Crippen molar-refractivity contribution in [1.82, 2.24) is 24.8 Å². The molecule has 0 saturated carbocycles. The van der Waals surface area contributed by atoms with Crippen molar-refractivity contribution in [3.05, 3.63) is 68.7 Å². The quantitative estimate of drug-likeness (QED) is 0.503. The third-order valence-corrected chi connectivity index (χ3v) is 6.14. The number of likely N-dealkylation sites (tertiary alicyclic amines) is 1. The number of nitrogens with one attached hydrogen (secondary N) is 2. The number of aromatic nitrogens is 3. The average Bonchev–Trinajstić information content (AvgIpc) is 3.24. The van der Waals surface area contributed by atoms with Crippen LogP contribution in [0.1, 0.15) is 65.9 Å². The molecule has 2 amide bonds. The largest absolute Gasteiger partial charge is 0.444 e. The molecule has 0 unspecified atom stereocenters. The highest BCUT2D eigenvalue weighted by Crippen LogP contribution is 2.28. The highest BCUT2D eigenvalue weighted by Gasteiger charge is 2.29. The molecule has 2 aromatic heterocycles. The fourth-order valence-corrected chi connectivity index (χ4v) is 4.36. The molecule has 11 heteroatoms. The summed E-state index contributed by atoms with van der Waals surface area (Å²) in [5.41, 5.74) is 0.510. The molecular formula is C25H28ClN5O5. The van der Waals surface area contributed by atoms with E-state index in [1.165, 1.54) is 18.3 Å². The van der Waals surface area contributed by atoms with Crippen LogP contribution in [0.3, 0.4) is 0 Å². The van der Waals surface area contributed by atoms with Crippen LogP contribution in [0, 0.1) is 0 Å². The van der Waals surface area contributed by atoms with Crippen molar-refractivity contribution in [2.75, 3.05) is 19.6 Å². The first-order valence-electron chi connectivity index (χ1n) is 11.7. The molecule has 1 saturated heterocycles. The molecule has 0 aliphatic carbocycles. The molecule has 1 fully saturated rings. The van der Waals surface area contributed by atoms with E-state index in [1.807, 2.05) is 20.8 Å². The first-order chi connectivity index (χ1) is 17.0. The number of H-pyrrole nitrogens is 1. The fourth-order valence-electron chi connectivity index (χ4n) is 4.17. The molecule has 10 nitrogen and oxygen atoms in total. The molecule has 1 aliphatic heterocycles. The van der Waals surface area contributed by atoms with Crippen molar-refractivity contribution in [3.8, 4) is 0 Å². The molecule has 36 heavy (non-hydrogen) atoms. The number of hydrogen-bond acceptors (Lipinski definition) is 6. The number of fused-ring (bicyclic) bond motifs is 1. The van der Waals surface area contributed by atoms with E-state index in [4.69, 9.17) is 16.3 Å². The van der Waals surface area contributed by atoms with Gasteiger partial charge in [0, 0.05) is 35.7 Å². The predicted octanol–water partition coefficient (Wildman–Crippen LogP) is 3.40. The summed E-state index contributed by atoms with van der Waals surface area (Å²) in [6.45, 7) is 6.20. The Hall–Kier alpha value is -3.66. The van der Waals surface area contributed by atoms with Crippen LogP contribution in [0.2, 0.25) is 5.02 Å². The minimum Gasteiger partial charge on any atom is -0.444 e. The second-order valence-corrected chi connectivity index (χ2v) is 10.2. The van der Waals surface area contributed by atoms with Crippen molar-refractivity contribution in [2.24, 2.45) is 0 Å². The summed E-state index contributed by atoms with van der Waals surface area (Å²) in [5, 5.41) is 7.35. The topological polar surface area (TPSA) is 126 Å². The molecule has 2 N–H and O–H groups in total. The number of Topliss-reactive ketones (excluding diaryl/α,β-unsaturated/α-hetero) is 1. The average molecular weight is 514 g/mol. The van der Waals surface area contributed by atoms with E-state index in [1.54, 1.807) is 27.6 Å². The summed E-state index contributed by atoms with van der Waals surface area (Å²) < 4.78 is 6.99. The molecule has 0 atom stereocenters. The Kier molecular flexibility index (Phi) is 7.16. The van der Waals surface area contributed by atoms with Crippen molar-refractivity contribution >= 4 is 35.0 Å². The number of benzene rings is 1. The monoisotopic (exact) mass is 513 g/mol. The SMILES string of the molecule is CC(C)(C)OC(=O)N1CCC(c2cc(=O)[nH]c3c(C(=O)NCC(=O)c4cccc(Cl)c4)cnn23)CC1. The number of ether oxygens (including phenoxy) is 1. The first kappa shape index (κ1) is 25.4. The minimum atomic E-state index is -0.572. The van der Waals surface area contributed by atoms with Gasteiger partial charge in [-0.05, 0) is 45.7 Å². The molecule has 190 valence electrons. The van der Waals surface area contributed by atoms with Crippen LogP contribution < -0.4 is 10.9 Å². The smallest absolute Gasteiger partial charge is 0.410 e. The third kappa shape index (κ3) is 5.76. The Morgan fingerprint density at radius 3 is 2.58 bits per heavy atom. The van der Waals surface area contributed by atoms with Crippen molar-refractivity contribution in [1.29, 1.82) is 0 Å². The molecule has 0 bridgehead atoms. The Morgan fingerprint density at radius 2 is 1.92 bits per heavy atom. The number of carbonyl (C=O) groups excluding carboxylic acids is 3. The summed E-state index contributed by atoms with van der Waals surface area (Å²) in [5.74, 6) is -0.866. The van der Waals surface area contributed by atoms with E-state index in [-0.39, 0.29) is 41.1 Å². The van der Waals surface area contributed by atoms with Crippen LogP contribution in [0.25, 0.3) is 5.65 Å². The zero-order valence-corrected chi connectivity index (χ0v) is 21.1. The first-order valence-corrected chi connectivity index (χ1v) is 12.1. The Bertz CT molecular complexity index is 1370. The summed E-state index contributed by atoms with van der Waals surface area (Å²) in [6.07, 6.45) is 2.24. The van der Waals surface area contributed by atoms with E-state index in [9.17, 15) is 19.2 Å². The Balaban J connectivity index is 1.47. The lowest BCUT2D eigenvalue weighted by molar-refractivity contribution is 0.0203. The number of nitrogens with zero attached hydrogens (tertiary/aromatic N) is 3. The zero-order valence-electron chi connectivity index (χ0n) is 20.3. The summed E-state index contributed by atoms with van der Waals surface area (Å²) >= 11 is 5.93. The minimum absolute atomic E-state index is 0.0336. The number of piperidine rings is 1. The third-order valence-electron chi connectivity index (χ3n) is 5.90. The van der Waals surface area contributed by atoms with Crippen molar-refractivity contribution in [2.45, 2.75) is 45.1 Å². The number of carbonyl (C=O) groups is 3. The lowest BCUT2D eigenvalue weighted by Gasteiger charge is -2.33. The molecular weight excluding hydrogens is 486 g/mol. The van der Waals surface area contributed by atoms with E-state index in [0.717, 1.165) is 0 Å². The van der Waals surface area contributed by atoms with Gasteiger partial charge in [0.15, 0.2) is 5.78 Å². The molecule has 1 aromatic carbocycles. The number of ketones is 1. The van der Waals surface area contributed by atoms with E-state index in [2.05, 4.69) is 15.4 Å². The van der Waals surface area contributed by atoms with Gasteiger partial charge in [-0.15, -0.1) is 0 Å². The predicted molar refractivity (Wildman–Crippen MR) is 134 cm³/mol. The molecule has 0 radical (unpaired) electrons.